The van der Waals surface area contributed by atoms with Gasteiger partial charge in [0.1, 0.15) is 11.5 Å². The molecule has 1 aliphatic rings. The Balaban J connectivity index is 1.83. The maximum atomic E-state index is 12.5. The number of nitrogens with zero attached hydrogens (tertiary/aromatic N) is 1. The summed E-state index contributed by atoms with van der Waals surface area (Å²) in [6.07, 6.45) is 3.20. The molecule has 2 aromatic rings. The number of amides is 1. The van der Waals surface area contributed by atoms with Crippen LogP contribution in [0, 0.1) is 0 Å². The number of hydrogen-bond acceptors (Lipinski definition) is 5. The van der Waals surface area contributed by atoms with Crippen LogP contribution >= 0.6 is 12.2 Å². The Morgan fingerprint density at radius 3 is 2.96 bits per heavy atom. The summed E-state index contributed by atoms with van der Waals surface area (Å²) in [5, 5.41) is 12.8. The highest BCUT2D eigenvalue weighted by molar-refractivity contribution is 7.80. The summed E-state index contributed by atoms with van der Waals surface area (Å²) in [6.45, 7) is 0.272. The first-order chi connectivity index (χ1) is 11.1. The molecule has 6 nitrogen and oxygen atoms in total. The Bertz CT molecular complexity index is 783. The first-order valence-electron chi connectivity index (χ1n) is 6.82. The molecule has 1 saturated heterocycles. The number of nitrogens with one attached hydrogen (secondary N) is 1. The molecule has 2 N–H and O–H groups in total. The molecule has 2 heterocycles. The summed E-state index contributed by atoms with van der Waals surface area (Å²) in [5.41, 5.74) is 1.06. The van der Waals surface area contributed by atoms with Crippen LogP contribution in [0.3, 0.4) is 0 Å². The van der Waals surface area contributed by atoms with Crippen molar-refractivity contribution in [3.63, 3.8) is 0 Å². The molecular weight excluding hydrogens is 316 g/mol. The highest BCUT2D eigenvalue weighted by Crippen LogP contribution is 2.27. The lowest BCUT2D eigenvalue weighted by atomic mass is 10.1. The standard InChI is InChI=1S/C16H14N2O4S/c1-21-14-8-10(4-5-13(14)19)7-12-15(20)18(16(23)17-12)9-11-3-2-6-22-11/h2-8,19H,9H2,1H3,(H,17,23)/b12-7+. The van der Waals surface area contributed by atoms with Crippen molar-refractivity contribution in [2.24, 2.45) is 0 Å². The van der Waals surface area contributed by atoms with Gasteiger partial charge >= 0.3 is 0 Å². The number of furan rings is 1. The normalized spacial score (nSPS) is 16.0. The van der Waals surface area contributed by atoms with Gasteiger partial charge in [-0.3, -0.25) is 9.69 Å². The molecule has 23 heavy (non-hydrogen) atoms. The van der Waals surface area contributed by atoms with Crippen LogP contribution in [0.15, 0.2) is 46.7 Å². The minimum atomic E-state index is -0.238. The zero-order chi connectivity index (χ0) is 16.4. The quantitative estimate of drug-likeness (QED) is 0.661. The molecule has 0 bridgehead atoms. The Hall–Kier alpha value is -2.80. The first-order valence-corrected chi connectivity index (χ1v) is 7.23. The molecule has 0 saturated carbocycles. The lowest BCUT2D eigenvalue weighted by Crippen LogP contribution is -2.29. The molecular formula is C16H14N2O4S. The molecule has 0 spiro atoms. The topological polar surface area (TPSA) is 74.9 Å². The molecule has 1 aliphatic heterocycles. The van der Waals surface area contributed by atoms with Gasteiger partial charge in [0.05, 0.1) is 19.9 Å². The van der Waals surface area contributed by atoms with Crippen molar-refractivity contribution in [2.45, 2.75) is 6.54 Å². The number of thiocarbonyl (C=S) groups is 1. The lowest BCUT2D eigenvalue weighted by molar-refractivity contribution is -0.122. The van der Waals surface area contributed by atoms with Crippen molar-refractivity contribution in [1.29, 1.82) is 0 Å². The largest absolute Gasteiger partial charge is 0.504 e. The van der Waals surface area contributed by atoms with Crippen LogP contribution in [0.2, 0.25) is 0 Å². The van der Waals surface area contributed by atoms with E-state index in [-0.39, 0.29) is 18.2 Å². The first kappa shape index (κ1) is 15.1. The van der Waals surface area contributed by atoms with Crippen LogP contribution < -0.4 is 10.1 Å². The van der Waals surface area contributed by atoms with Crippen LogP contribution in [0.1, 0.15) is 11.3 Å². The van der Waals surface area contributed by atoms with Crippen molar-refractivity contribution in [2.75, 3.05) is 7.11 Å². The van der Waals surface area contributed by atoms with Crippen molar-refractivity contribution in [3.8, 4) is 11.5 Å². The molecule has 1 aromatic carbocycles. The van der Waals surface area contributed by atoms with Gasteiger partial charge in [0, 0.05) is 0 Å². The molecule has 0 unspecified atom stereocenters. The van der Waals surface area contributed by atoms with Gasteiger partial charge in [0.25, 0.3) is 5.91 Å². The van der Waals surface area contributed by atoms with E-state index in [0.717, 1.165) is 0 Å². The monoisotopic (exact) mass is 330 g/mol. The predicted molar refractivity (Wildman–Crippen MR) is 87.6 cm³/mol. The van der Waals surface area contributed by atoms with E-state index < -0.39 is 0 Å². The maximum Gasteiger partial charge on any atom is 0.276 e. The molecule has 1 amide bonds. The summed E-state index contributed by atoms with van der Waals surface area (Å²) in [7, 11) is 1.46. The third-order valence-electron chi connectivity index (χ3n) is 3.37. The fourth-order valence-electron chi connectivity index (χ4n) is 2.22. The van der Waals surface area contributed by atoms with Gasteiger partial charge in [0.15, 0.2) is 16.6 Å². The van der Waals surface area contributed by atoms with Gasteiger partial charge < -0.3 is 19.6 Å². The van der Waals surface area contributed by atoms with E-state index in [1.807, 2.05) is 0 Å². The van der Waals surface area contributed by atoms with Gasteiger partial charge in [-0.2, -0.15) is 0 Å². The Morgan fingerprint density at radius 1 is 1.43 bits per heavy atom. The minimum Gasteiger partial charge on any atom is -0.504 e. The molecule has 0 atom stereocenters. The zero-order valence-corrected chi connectivity index (χ0v) is 13.1. The van der Waals surface area contributed by atoms with E-state index in [1.165, 1.54) is 18.1 Å². The minimum absolute atomic E-state index is 0.0373. The highest BCUT2D eigenvalue weighted by Gasteiger charge is 2.31. The molecule has 1 fully saturated rings. The number of benzene rings is 1. The second-order valence-electron chi connectivity index (χ2n) is 4.89. The van der Waals surface area contributed by atoms with Crippen molar-refractivity contribution in [3.05, 3.63) is 53.6 Å². The number of carbonyl (C=O) groups is 1. The number of ether oxygens (including phenoxy) is 1. The van der Waals surface area contributed by atoms with Crippen LogP contribution in [0.4, 0.5) is 0 Å². The van der Waals surface area contributed by atoms with Crippen LogP contribution in [0.5, 0.6) is 11.5 Å². The van der Waals surface area contributed by atoms with E-state index >= 15 is 0 Å². The van der Waals surface area contributed by atoms with Crippen LogP contribution in [-0.2, 0) is 11.3 Å². The van der Waals surface area contributed by atoms with Gasteiger partial charge in [-0.15, -0.1) is 0 Å². The van der Waals surface area contributed by atoms with E-state index in [9.17, 15) is 9.90 Å². The highest BCUT2D eigenvalue weighted by atomic mass is 32.1. The lowest BCUT2D eigenvalue weighted by Gasteiger charge is -2.11. The van der Waals surface area contributed by atoms with E-state index in [1.54, 1.807) is 36.6 Å². The number of rotatable bonds is 4. The molecule has 3 rings (SSSR count). The fraction of sp³-hybridized carbons (Fsp3) is 0.125. The molecule has 0 aliphatic carbocycles. The van der Waals surface area contributed by atoms with Gasteiger partial charge in [-0.25, -0.2) is 0 Å². The predicted octanol–water partition coefficient (Wildman–Crippen LogP) is 2.25. The average Bonchev–Trinajstić information content (AvgIpc) is 3.14. The fourth-order valence-corrected chi connectivity index (χ4v) is 2.48. The summed E-state index contributed by atoms with van der Waals surface area (Å²) in [6, 6.07) is 8.35. The molecule has 0 radical (unpaired) electrons. The summed E-state index contributed by atoms with van der Waals surface area (Å²) in [5.74, 6) is 0.781. The van der Waals surface area contributed by atoms with Gasteiger partial charge in [0.2, 0.25) is 0 Å². The number of phenols is 1. The van der Waals surface area contributed by atoms with E-state index in [0.29, 0.717) is 27.9 Å². The molecule has 7 heteroatoms. The van der Waals surface area contributed by atoms with Crippen LogP contribution in [0.25, 0.3) is 6.08 Å². The smallest absolute Gasteiger partial charge is 0.276 e. The maximum absolute atomic E-state index is 12.5. The number of methoxy groups -OCH3 is 1. The second-order valence-corrected chi connectivity index (χ2v) is 5.28. The zero-order valence-electron chi connectivity index (χ0n) is 12.3. The Labute approximate surface area is 138 Å². The van der Waals surface area contributed by atoms with Gasteiger partial charge in [-0.1, -0.05) is 6.07 Å². The number of carbonyl (C=O) groups excluding carboxylic acids is 1. The third-order valence-corrected chi connectivity index (χ3v) is 3.69. The third kappa shape index (κ3) is 3.04. The van der Waals surface area contributed by atoms with Crippen LogP contribution in [-0.4, -0.2) is 28.1 Å². The average molecular weight is 330 g/mol. The van der Waals surface area contributed by atoms with E-state index in [4.69, 9.17) is 21.4 Å². The second kappa shape index (κ2) is 6.13. The number of phenolic OH excluding ortho intramolecular Hbond substituents is 1. The number of hydrogen-bond donors (Lipinski definition) is 2. The van der Waals surface area contributed by atoms with Gasteiger partial charge in [-0.05, 0) is 48.1 Å². The van der Waals surface area contributed by atoms with Crippen molar-refractivity contribution >= 4 is 29.3 Å². The van der Waals surface area contributed by atoms with E-state index in [2.05, 4.69) is 5.32 Å². The Morgan fingerprint density at radius 2 is 2.26 bits per heavy atom. The number of aromatic hydroxyl groups is 1. The summed E-state index contributed by atoms with van der Waals surface area (Å²) in [4.78, 5) is 13.9. The van der Waals surface area contributed by atoms with Crippen molar-refractivity contribution < 1.29 is 19.1 Å². The summed E-state index contributed by atoms with van der Waals surface area (Å²) >= 11 is 5.20. The summed E-state index contributed by atoms with van der Waals surface area (Å²) < 4.78 is 10.3. The SMILES string of the molecule is COc1cc(/C=C2/NC(=S)N(Cc3ccco3)C2=O)ccc1O. The molecule has 118 valence electrons. The molecule has 1 aromatic heterocycles. The Kier molecular flexibility index (Phi) is 4.03. The van der Waals surface area contributed by atoms with Crippen molar-refractivity contribution in [1.82, 2.24) is 10.2 Å².